The molecule has 27 heavy (non-hydrogen) atoms. The van der Waals surface area contributed by atoms with Crippen molar-refractivity contribution in [3.63, 3.8) is 0 Å². The van der Waals surface area contributed by atoms with E-state index in [1.54, 1.807) is 17.4 Å². The van der Waals surface area contributed by atoms with Crippen molar-refractivity contribution in [3.8, 4) is 10.6 Å². The highest BCUT2D eigenvalue weighted by atomic mass is 32.1. The van der Waals surface area contributed by atoms with Gasteiger partial charge >= 0.3 is 11.8 Å². The van der Waals surface area contributed by atoms with Crippen LogP contribution in [0.3, 0.4) is 0 Å². The monoisotopic (exact) mass is 379 g/mol. The van der Waals surface area contributed by atoms with E-state index >= 15 is 0 Å². The van der Waals surface area contributed by atoms with E-state index in [0.29, 0.717) is 18.7 Å². The van der Waals surface area contributed by atoms with Gasteiger partial charge in [0.15, 0.2) is 0 Å². The van der Waals surface area contributed by atoms with Crippen molar-refractivity contribution >= 4 is 28.8 Å². The summed E-state index contributed by atoms with van der Waals surface area (Å²) in [7, 11) is 0. The topological polar surface area (TPSA) is 71.1 Å². The first-order valence-electron chi connectivity index (χ1n) is 8.71. The molecule has 0 radical (unpaired) electrons. The maximum absolute atomic E-state index is 12.0. The normalized spacial score (nSPS) is 10.4. The van der Waals surface area contributed by atoms with Crippen LogP contribution in [0.1, 0.15) is 16.1 Å². The van der Waals surface area contributed by atoms with Crippen LogP contribution in [0.5, 0.6) is 0 Å². The molecule has 138 valence electrons. The number of anilines is 1. The van der Waals surface area contributed by atoms with Gasteiger partial charge in [0.05, 0.1) is 5.69 Å². The molecular formula is C21H21N3O2S. The Bertz CT molecular complexity index is 951. The van der Waals surface area contributed by atoms with Gasteiger partial charge in [-0.2, -0.15) is 0 Å². The van der Waals surface area contributed by atoms with Gasteiger partial charge in [-0.3, -0.25) is 9.59 Å². The molecule has 3 rings (SSSR count). The van der Waals surface area contributed by atoms with Gasteiger partial charge in [-0.05, 0) is 25.5 Å². The van der Waals surface area contributed by atoms with Crippen LogP contribution in [-0.2, 0) is 16.0 Å². The van der Waals surface area contributed by atoms with Gasteiger partial charge in [-0.1, -0.05) is 48.5 Å². The van der Waals surface area contributed by atoms with Crippen LogP contribution in [-0.4, -0.2) is 23.3 Å². The number of nitrogens with zero attached hydrogens (tertiary/aromatic N) is 1. The van der Waals surface area contributed by atoms with Crippen LogP contribution in [0.2, 0.25) is 0 Å². The summed E-state index contributed by atoms with van der Waals surface area (Å²) >= 11 is 1.61. The third kappa shape index (κ3) is 4.80. The number of carbonyl (C=O) groups is 2. The summed E-state index contributed by atoms with van der Waals surface area (Å²) in [4.78, 5) is 29.8. The predicted molar refractivity (Wildman–Crippen MR) is 109 cm³/mol. The SMILES string of the molecule is Cc1ccccc1NC(=O)C(=O)NCCc1sc(-c2ccccc2)nc1C. The maximum atomic E-state index is 12.0. The van der Waals surface area contributed by atoms with Crippen molar-refractivity contribution in [2.75, 3.05) is 11.9 Å². The fourth-order valence-electron chi connectivity index (χ4n) is 2.63. The smallest absolute Gasteiger partial charge is 0.313 e. The zero-order valence-electron chi connectivity index (χ0n) is 15.3. The van der Waals surface area contributed by atoms with E-state index in [2.05, 4.69) is 15.6 Å². The van der Waals surface area contributed by atoms with Crippen LogP contribution in [0, 0.1) is 13.8 Å². The summed E-state index contributed by atoms with van der Waals surface area (Å²) in [5, 5.41) is 6.27. The lowest BCUT2D eigenvalue weighted by Gasteiger charge is -2.08. The Morgan fingerprint density at radius 1 is 0.963 bits per heavy atom. The Balaban J connectivity index is 1.54. The molecule has 0 aliphatic rings. The number of carbonyl (C=O) groups excluding carboxylic acids is 2. The average molecular weight is 379 g/mol. The maximum Gasteiger partial charge on any atom is 0.313 e. The molecule has 0 aliphatic heterocycles. The van der Waals surface area contributed by atoms with E-state index in [-0.39, 0.29) is 0 Å². The summed E-state index contributed by atoms with van der Waals surface area (Å²) in [5.41, 5.74) is 3.59. The highest BCUT2D eigenvalue weighted by molar-refractivity contribution is 7.15. The predicted octanol–water partition coefficient (Wildman–Crippen LogP) is 3.72. The number of aryl methyl sites for hydroxylation is 2. The van der Waals surface area contributed by atoms with Crippen molar-refractivity contribution in [2.24, 2.45) is 0 Å². The van der Waals surface area contributed by atoms with Crippen LogP contribution in [0.25, 0.3) is 10.6 Å². The number of aromatic nitrogens is 1. The molecule has 0 spiro atoms. The molecule has 2 aromatic carbocycles. The lowest BCUT2D eigenvalue weighted by atomic mass is 10.2. The first-order chi connectivity index (χ1) is 13.0. The lowest BCUT2D eigenvalue weighted by molar-refractivity contribution is -0.136. The minimum absolute atomic E-state index is 0.386. The van der Waals surface area contributed by atoms with Crippen LogP contribution in [0.15, 0.2) is 54.6 Å². The standard InChI is InChI=1S/C21H21N3O2S/c1-14-8-6-7-11-17(14)24-20(26)19(25)22-13-12-18-15(2)23-21(27-18)16-9-4-3-5-10-16/h3-11H,12-13H2,1-2H3,(H,22,25)(H,24,26). The first kappa shape index (κ1) is 18.8. The zero-order valence-corrected chi connectivity index (χ0v) is 16.1. The largest absolute Gasteiger partial charge is 0.347 e. The number of benzene rings is 2. The van der Waals surface area contributed by atoms with Gasteiger partial charge in [0.25, 0.3) is 0 Å². The second-order valence-corrected chi connectivity index (χ2v) is 7.25. The molecule has 0 aliphatic carbocycles. The van der Waals surface area contributed by atoms with Gasteiger partial charge in [-0.25, -0.2) is 4.98 Å². The van der Waals surface area contributed by atoms with Crippen molar-refractivity contribution < 1.29 is 9.59 Å². The molecule has 0 unspecified atom stereocenters. The van der Waals surface area contributed by atoms with Gasteiger partial charge < -0.3 is 10.6 Å². The fraction of sp³-hybridized carbons (Fsp3) is 0.190. The van der Waals surface area contributed by atoms with E-state index in [0.717, 1.165) is 26.7 Å². The highest BCUT2D eigenvalue weighted by Gasteiger charge is 2.15. The summed E-state index contributed by atoms with van der Waals surface area (Å²) in [6, 6.07) is 17.3. The summed E-state index contributed by atoms with van der Waals surface area (Å²) in [5.74, 6) is -1.29. The summed E-state index contributed by atoms with van der Waals surface area (Å²) < 4.78 is 0. The first-order valence-corrected chi connectivity index (χ1v) is 9.53. The van der Waals surface area contributed by atoms with E-state index in [1.807, 2.05) is 62.4 Å². The second-order valence-electron chi connectivity index (χ2n) is 6.17. The number of para-hydroxylation sites is 1. The molecule has 2 amide bonds. The number of rotatable bonds is 5. The Kier molecular flexibility index (Phi) is 5.98. The molecule has 6 heteroatoms. The molecule has 1 heterocycles. The van der Waals surface area contributed by atoms with Crippen molar-refractivity contribution in [3.05, 3.63) is 70.7 Å². The molecular weight excluding hydrogens is 358 g/mol. The Morgan fingerprint density at radius 2 is 1.67 bits per heavy atom. The number of nitrogens with one attached hydrogen (secondary N) is 2. The fourth-order valence-corrected chi connectivity index (χ4v) is 3.69. The molecule has 0 atom stereocenters. The van der Waals surface area contributed by atoms with E-state index < -0.39 is 11.8 Å². The van der Waals surface area contributed by atoms with Crippen molar-refractivity contribution in [1.82, 2.24) is 10.3 Å². The quantitative estimate of drug-likeness (QED) is 0.664. The molecule has 3 aromatic rings. The lowest BCUT2D eigenvalue weighted by Crippen LogP contribution is -2.36. The summed E-state index contributed by atoms with van der Waals surface area (Å²) in [6.07, 6.45) is 0.639. The van der Waals surface area contributed by atoms with Crippen molar-refractivity contribution in [2.45, 2.75) is 20.3 Å². The molecule has 1 aromatic heterocycles. The Morgan fingerprint density at radius 3 is 2.41 bits per heavy atom. The van der Waals surface area contributed by atoms with Gasteiger partial charge in [0, 0.05) is 29.1 Å². The molecule has 0 saturated carbocycles. The Labute approximate surface area is 162 Å². The average Bonchev–Trinajstić information content (AvgIpc) is 3.05. The van der Waals surface area contributed by atoms with Gasteiger partial charge in [0.1, 0.15) is 5.01 Å². The number of amides is 2. The van der Waals surface area contributed by atoms with Crippen LogP contribution >= 0.6 is 11.3 Å². The van der Waals surface area contributed by atoms with E-state index in [1.165, 1.54) is 0 Å². The molecule has 0 bridgehead atoms. The third-order valence-electron chi connectivity index (χ3n) is 4.15. The van der Waals surface area contributed by atoms with E-state index in [9.17, 15) is 9.59 Å². The molecule has 0 saturated heterocycles. The van der Waals surface area contributed by atoms with Crippen LogP contribution < -0.4 is 10.6 Å². The minimum Gasteiger partial charge on any atom is -0.347 e. The third-order valence-corrected chi connectivity index (χ3v) is 5.42. The Hall–Kier alpha value is -2.99. The number of hydrogen-bond acceptors (Lipinski definition) is 4. The molecule has 0 fully saturated rings. The van der Waals surface area contributed by atoms with Crippen LogP contribution in [0.4, 0.5) is 5.69 Å². The number of hydrogen-bond donors (Lipinski definition) is 2. The van der Waals surface area contributed by atoms with Gasteiger partial charge in [0.2, 0.25) is 0 Å². The molecule has 5 nitrogen and oxygen atoms in total. The number of thiazole rings is 1. The molecule has 2 N–H and O–H groups in total. The van der Waals surface area contributed by atoms with Gasteiger partial charge in [-0.15, -0.1) is 11.3 Å². The van der Waals surface area contributed by atoms with Crippen molar-refractivity contribution in [1.29, 1.82) is 0 Å². The minimum atomic E-state index is -0.657. The second kappa shape index (κ2) is 8.60. The van der Waals surface area contributed by atoms with E-state index in [4.69, 9.17) is 0 Å². The summed E-state index contributed by atoms with van der Waals surface area (Å²) in [6.45, 7) is 4.23. The highest BCUT2D eigenvalue weighted by Crippen LogP contribution is 2.27. The zero-order chi connectivity index (χ0) is 19.2.